The maximum atomic E-state index is 5.38. The highest BCUT2D eigenvalue weighted by Gasteiger charge is 2.29. The van der Waals surface area contributed by atoms with Crippen LogP contribution in [0.5, 0.6) is 0 Å². The molecule has 0 radical (unpaired) electrons. The van der Waals surface area contributed by atoms with Gasteiger partial charge in [-0.05, 0) is 58.3 Å². The molecule has 0 amide bonds. The molecule has 0 N–H and O–H groups in total. The van der Waals surface area contributed by atoms with Crippen LogP contribution in [0.4, 0.5) is 0 Å². The largest absolute Gasteiger partial charge is 0.295 e. The second kappa shape index (κ2) is 12.6. The fourth-order valence-corrected chi connectivity index (χ4v) is 9.74. The minimum atomic E-state index is 0.631. The van der Waals surface area contributed by atoms with Gasteiger partial charge in [0.2, 0.25) is 0 Å². The monoisotopic (exact) mass is 745 g/mol. The standard InChI is InChI=1S/C51H31N5S/c1-3-14-32(15-4-1)33-28-30-35(31-29-33)48-52-49(38-21-11-17-34-16-7-8-20-37(34)38)54-50(53-48)40-23-12-25-42-45(40)46-39-22-13-27-44-47(39)56(41-24-9-10-26-43(41)57-44)51(46)55(42)36-18-5-2-6-19-36/h1-31H. The molecule has 1 aliphatic rings. The highest BCUT2D eigenvalue weighted by Crippen LogP contribution is 2.50. The predicted molar refractivity (Wildman–Crippen MR) is 234 cm³/mol. The Balaban J connectivity index is 1.18. The average Bonchev–Trinajstić information content (AvgIpc) is 3.81. The topological polar surface area (TPSA) is 48.5 Å². The minimum Gasteiger partial charge on any atom is -0.295 e. The number of aromatic nitrogens is 5. The van der Waals surface area contributed by atoms with Crippen LogP contribution in [0.3, 0.4) is 0 Å². The van der Waals surface area contributed by atoms with E-state index in [1.165, 1.54) is 37.3 Å². The van der Waals surface area contributed by atoms with Crippen LogP contribution in [0.15, 0.2) is 198 Å². The SMILES string of the molecule is c1ccc(-c2ccc(-c3nc(-c4cccc5ccccc45)nc(-c4cccc5c4c4c6cccc7c6n(c4n5-c4ccccc4)-c4ccccc4S7)n3)cc2)cc1. The van der Waals surface area contributed by atoms with E-state index in [-0.39, 0.29) is 0 Å². The van der Waals surface area contributed by atoms with Crippen LogP contribution in [0, 0.1) is 0 Å². The first-order chi connectivity index (χ1) is 28.3. The quantitative estimate of drug-likeness (QED) is 0.176. The van der Waals surface area contributed by atoms with E-state index >= 15 is 0 Å². The lowest BCUT2D eigenvalue weighted by Crippen LogP contribution is -2.05. The van der Waals surface area contributed by atoms with Gasteiger partial charge < -0.3 is 0 Å². The van der Waals surface area contributed by atoms with E-state index in [1.807, 2.05) is 17.8 Å². The minimum absolute atomic E-state index is 0.631. The first-order valence-corrected chi connectivity index (χ1v) is 19.9. The number of hydrogen-bond acceptors (Lipinski definition) is 4. The van der Waals surface area contributed by atoms with Crippen molar-refractivity contribution < 1.29 is 0 Å². The van der Waals surface area contributed by atoms with Crippen LogP contribution < -0.4 is 0 Å². The Bertz CT molecular complexity index is 3360. The molecule has 11 aromatic rings. The Morgan fingerprint density at radius 3 is 1.84 bits per heavy atom. The molecular formula is C51H31N5S. The fourth-order valence-electron chi connectivity index (χ4n) is 8.65. The first-order valence-electron chi connectivity index (χ1n) is 19.1. The summed E-state index contributed by atoms with van der Waals surface area (Å²) in [5, 5.41) is 5.74. The number of para-hydroxylation sites is 3. The fraction of sp³-hybridized carbons (Fsp3) is 0. The van der Waals surface area contributed by atoms with Crippen LogP contribution in [0.2, 0.25) is 0 Å². The normalized spacial score (nSPS) is 12.1. The molecule has 0 bridgehead atoms. The molecule has 0 fully saturated rings. The molecule has 0 saturated heterocycles. The van der Waals surface area contributed by atoms with E-state index in [0.29, 0.717) is 17.5 Å². The molecule has 6 heteroatoms. The average molecular weight is 746 g/mol. The van der Waals surface area contributed by atoms with Gasteiger partial charge in [-0.3, -0.25) is 9.13 Å². The van der Waals surface area contributed by atoms with E-state index in [4.69, 9.17) is 15.0 Å². The smallest absolute Gasteiger partial charge is 0.164 e. The molecular weight excluding hydrogens is 715 g/mol. The van der Waals surface area contributed by atoms with Crippen LogP contribution in [-0.2, 0) is 0 Å². The lowest BCUT2D eigenvalue weighted by atomic mass is 10.0. The summed E-state index contributed by atoms with van der Waals surface area (Å²) < 4.78 is 4.89. The van der Waals surface area contributed by atoms with Crippen molar-refractivity contribution >= 4 is 55.4 Å². The summed E-state index contributed by atoms with van der Waals surface area (Å²) in [5.41, 5.74) is 10.9. The van der Waals surface area contributed by atoms with Crippen molar-refractivity contribution in [3.63, 3.8) is 0 Å². The van der Waals surface area contributed by atoms with Crippen LogP contribution >= 0.6 is 11.8 Å². The highest BCUT2D eigenvalue weighted by atomic mass is 32.2. The molecule has 5 nitrogen and oxygen atoms in total. The Labute approximate surface area is 332 Å². The third kappa shape index (κ3) is 4.94. The Hall–Kier alpha value is -7.28. The maximum absolute atomic E-state index is 5.38. The lowest BCUT2D eigenvalue weighted by Gasteiger charge is -2.21. The Morgan fingerprint density at radius 1 is 0.386 bits per heavy atom. The van der Waals surface area contributed by atoms with Gasteiger partial charge in [-0.25, -0.2) is 15.0 Å². The van der Waals surface area contributed by atoms with Crippen molar-refractivity contribution in [1.82, 2.24) is 24.1 Å². The maximum Gasteiger partial charge on any atom is 0.164 e. The highest BCUT2D eigenvalue weighted by molar-refractivity contribution is 7.99. The molecule has 12 rings (SSSR count). The second-order valence-electron chi connectivity index (χ2n) is 14.4. The third-order valence-electron chi connectivity index (χ3n) is 11.2. The zero-order valence-electron chi connectivity index (χ0n) is 30.5. The van der Waals surface area contributed by atoms with Gasteiger partial charge >= 0.3 is 0 Å². The lowest BCUT2D eigenvalue weighted by molar-refractivity contribution is 1.03. The summed E-state index contributed by atoms with van der Waals surface area (Å²) in [7, 11) is 0. The van der Waals surface area contributed by atoms with Gasteiger partial charge in [0.15, 0.2) is 17.5 Å². The Kier molecular flexibility index (Phi) is 7.09. The van der Waals surface area contributed by atoms with Crippen LogP contribution in [0.1, 0.15) is 0 Å². The molecule has 3 aromatic heterocycles. The molecule has 8 aromatic carbocycles. The molecule has 0 saturated carbocycles. The molecule has 1 aliphatic heterocycles. The van der Waals surface area contributed by atoms with Gasteiger partial charge in [0, 0.05) is 48.3 Å². The van der Waals surface area contributed by atoms with Gasteiger partial charge in [0.25, 0.3) is 0 Å². The molecule has 0 spiro atoms. The van der Waals surface area contributed by atoms with Gasteiger partial charge in [-0.15, -0.1) is 0 Å². The summed E-state index contributed by atoms with van der Waals surface area (Å²) in [6, 6.07) is 66.5. The molecule has 0 unspecified atom stereocenters. The van der Waals surface area contributed by atoms with Crippen molar-refractivity contribution in [1.29, 1.82) is 0 Å². The first kappa shape index (κ1) is 32.0. The molecule has 0 aliphatic carbocycles. The van der Waals surface area contributed by atoms with Crippen molar-refractivity contribution in [2.24, 2.45) is 0 Å². The zero-order chi connectivity index (χ0) is 37.5. The summed E-state index contributed by atoms with van der Waals surface area (Å²) >= 11 is 1.84. The number of rotatable bonds is 5. The van der Waals surface area contributed by atoms with Gasteiger partial charge in [0.05, 0.1) is 16.7 Å². The second-order valence-corrected chi connectivity index (χ2v) is 15.5. The summed E-state index contributed by atoms with van der Waals surface area (Å²) in [4.78, 5) is 18.4. The van der Waals surface area contributed by atoms with Crippen molar-refractivity contribution in [3.8, 4) is 56.7 Å². The van der Waals surface area contributed by atoms with Gasteiger partial charge in [-0.1, -0.05) is 163 Å². The number of fused-ring (bicyclic) bond motifs is 8. The van der Waals surface area contributed by atoms with E-state index in [9.17, 15) is 0 Å². The summed E-state index contributed by atoms with van der Waals surface area (Å²) in [6.07, 6.45) is 0. The van der Waals surface area contributed by atoms with E-state index < -0.39 is 0 Å². The number of benzene rings is 8. The molecule has 57 heavy (non-hydrogen) atoms. The Morgan fingerprint density at radius 2 is 0.982 bits per heavy atom. The van der Waals surface area contributed by atoms with Crippen molar-refractivity contribution in [2.75, 3.05) is 0 Å². The number of hydrogen-bond donors (Lipinski definition) is 0. The third-order valence-corrected chi connectivity index (χ3v) is 12.3. The van der Waals surface area contributed by atoms with Crippen molar-refractivity contribution in [2.45, 2.75) is 9.79 Å². The van der Waals surface area contributed by atoms with E-state index in [0.717, 1.165) is 55.3 Å². The summed E-state index contributed by atoms with van der Waals surface area (Å²) in [5.74, 6) is 1.91. The van der Waals surface area contributed by atoms with E-state index in [1.54, 1.807) is 0 Å². The van der Waals surface area contributed by atoms with E-state index in [2.05, 4.69) is 191 Å². The molecule has 266 valence electrons. The predicted octanol–water partition coefficient (Wildman–Crippen LogP) is 13.2. The summed E-state index contributed by atoms with van der Waals surface area (Å²) in [6.45, 7) is 0. The van der Waals surface area contributed by atoms with Crippen LogP contribution in [0.25, 0.3) is 100 Å². The number of nitrogens with zero attached hydrogens (tertiary/aromatic N) is 5. The van der Waals surface area contributed by atoms with Gasteiger partial charge in [-0.2, -0.15) is 0 Å². The molecule has 0 atom stereocenters. The van der Waals surface area contributed by atoms with Crippen molar-refractivity contribution in [3.05, 3.63) is 188 Å². The molecule has 4 heterocycles. The van der Waals surface area contributed by atoms with Gasteiger partial charge in [0.1, 0.15) is 5.65 Å². The van der Waals surface area contributed by atoms with Crippen LogP contribution in [-0.4, -0.2) is 24.1 Å². The zero-order valence-corrected chi connectivity index (χ0v) is 31.4.